The van der Waals surface area contributed by atoms with E-state index in [0.29, 0.717) is 41.7 Å². The third-order valence-electron chi connectivity index (χ3n) is 11.0. The largest absolute Gasteiger partial charge is 0.508 e. The third kappa shape index (κ3) is 6.88. The zero-order valence-electron chi connectivity index (χ0n) is 26.2. The van der Waals surface area contributed by atoms with Crippen LogP contribution >= 0.6 is 11.8 Å². The first kappa shape index (κ1) is 31.4. The molecule has 0 aliphatic heterocycles. The molecule has 5 rings (SSSR count). The molecule has 0 bridgehead atoms. The molecule has 3 unspecified atom stereocenters. The Morgan fingerprint density at radius 1 is 1.00 bits per heavy atom. The van der Waals surface area contributed by atoms with Crippen molar-refractivity contribution >= 4 is 17.7 Å². The van der Waals surface area contributed by atoms with Gasteiger partial charge in [0.1, 0.15) is 5.75 Å². The summed E-state index contributed by atoms with van der Waals surface area (Å²) in [7, 11) is 1.94. The number of phenols is 1. The van der Waals surface area contributed by atoms with Gasteiger partial charge in [0.2, 0.25) is 5.91 Å². The highest BCUT2D eigenvalue weighted by Crippen LogP contribution is 2.65. The number of rotatable bonds is 13. The molecule has 2 aromatic carbocycles. The fourth-order valence-electron chi connectivity index (χ4n) is 8.61. The van der Waals surface area contributed by atoms with Crippen LogP contribution in [0.15, 0.2) is 47.4 Å². The van der Waals surface area contributed by atoms with Crippen molar-refractivity contribution in [2.75, 3.05) is 19.3 Å². The van der Waals surface area contributed by atoms with Crippen molar-refractivity contribution in [3.05, 3.63) is 59.2 Å². The van der Waals surface area contributed by atoms with Gasteiger partial charge in [-0.15, -0.1) is 11.8 Å². The van der Waals surface area contributed by atoms with Crippen molar-refractivity contribution in [1.29, 1.82) is 0 Å². The maximum atomic E-state index is 12.2. The van der Waals surface area contributed by atoms with Crippen LogP contribution in [0.3, 0.4) is 0 Å². The Morgan fingerprint density at radius 2 is 1.76 bits per heavy atom. The van der Waals surface area contributed by atoms with Gasteiger partial charge < -0.3 is 15.1 Å². The number of hydrogen-bond donors (Lipinski definition) is 2. The number of unbranched alkanes of at least 4 members (excludes halogenated alkanes) is 5. The fourth-order valence-corrected chi connectivity index (χ4v) is 9.53. The van der Waals surface area contributed by atoms with E-state index >= 15 is 0 Å². The number of aliphatic hydroxyl groups excluding tert-OH is 1. The average molecular weight is 592 g/mol. The third-order valence-corrected chi connectivity index (χ3v) is 12.1. The number of carbonyl (C=O) groups is 1. The maximum absolute atomic E-state index is 12.2. The van der Waals surface area contributed by atoms with Gasteiger partial charge in [0.25, 0.3) is 0 Å². The summed E-state index contributed by atoms with van der Waals surface area (Å²) < 4.78 is 0. The molecule has 0 heterocycles. The van der Waals surface area contributed by atoms with Crippen molar-refractivity contribution in [1.82, 2.24) is 4.90 Å². The van der Waals surface area contributed by atoms with Crippen LogP contribution in [-0.4, -0.2) is 46.5 Å². The van der Waals surface area contributed by atoms with Gasteiger partial charge in [-0.3, -0.25) is 4.79 Å². The molecule has 42 heavy (non-hydrogen) atoms. The number of nitrogens with zero attached hydrogens (tertiary/aromatic N) is 1. The van der Waals surface area contributed by atoms with E-state index in [4.69, 9.17) is 0 Å². The Labute approximate surface area is 258 Å². The van der Waals surface area contributed by atoms with Crippen LogP contribution in [0, 0.1) is 17.3 Å². The SMILES string of the molecule is CCCCN(C)C(=O)CCCCCCCSc1ccc([C@H]2C[C@@]3(C)C(CC[C@@H]3O)C3CCc4cc(O)ccc4C32)cc1. The zero-order chi connectivity index (χ0) is 29.7. The van der Waals surface area contributed by atoms with Crippen molar-refractivity contribution in [2.24, 2.45) is 17.3 Å². The monoisotopic (exact) mass is 591 g/mol. The second kappa shape index (κ2) is 14.2. The number of aliphatic hydroxyl groups is 1. The summed E-state index contributed by atoms with van der Waals surface area (Å²) in [4.78, 5) is 15.4. The topological polar surface area (TPSA) is 60.8 Å². The van der Waals surface area contributed by atoms with Gasteiger partial charge >= 0.3 is 0 Å². The number of benzene rings is 2. The van der Waals surface area contributed by atoms with Gasteiger partial charge in [0.15, 0.2) is 0 Å². The number of aryl methyl sites for hydroxylation is 1. The van der Waals surface area contributed by atoms with E-state index < -0.39 is 0 Å². The minimum atomic E-state index is -0.199. The molecule has 0 saturated heterocycles. The summed E-state index contributed by atoms with van der Waals surface area (Å²) in [5, 5.41) is 21.3. The molecule has 2 N–H and O–H groups in total. The Balaban J connectivity index is 1.14. The van der Waals surface area contributed by atoms with Crippen LogP contribution in [0.2, 0.25) is 0 Å². The van der Waals surface area contributed by atoms with Gasteiger partial charge in [-0.25, -0.2) is 0 Å². The van der Waals surface area contributed by atoms with Crippen molar-refractivity contribution in [3.8, 4) is 5.75 Å². The van der Waals surface area contributed by atoms with Gasteiger partial charge in [-0.05, 0) is 127 Å². The Bertz CT molecular complexity index is 1180. The lowest BCUT2D eigenvalue weighted by atomic mass is 9.51. The van der Waals surface area contributed by atoms with Crippen LogP contribution in [0.4, 0.5) is 0 Å². The number of hydrogen-bond acceptors (Lipinski definition) is 4. The van der Waals surface area contributed by atoms with E-state index in [2.05, 4.69) is 44.2 Å². The molecule has 0 spiro atoms. The number of carbonyl (C=O) groups excluding carboxylic acids is 1. The average Bonchev–Trinajstić information content (AvgIpc) is 3.30. The molecular formula is C37H53NO3S. The number of aromatic hydroxyl groups is 1. The van der Waals surface area contributed by atoms with Gasteiger partial charge in [0, 0.05) is 24.9 Å². The lowest BCUT2D eigenvalue weighted by molar-refractivity contribution is -0.130. The normalized spacial score (nSPS) is 28.1. The number of amides is 1. The van der Waals surface area contributed by atoms with E-state index in [1.807, 2.05) is 35.8 Å². The summed E-state index contributed by atoms with van der Waals surface area (Å²) >= 11 is 1.96. The summed E-state index contributed by atoms with van der Waals surface area (Å²) in [6.45, 7) is 5.41. The first-order valence-corrected chi connectivity index (χ1v) is 17.8. The van der Waals surface area contributed by atoms with E-state index in [1.165, 1.54) is 40.8 Å². The molecule has 0 radical (unpaired) electrons. The predicted octanol–water partition coefficient (Wildman–Crippen LogP) is 8.69. The number of fused-ring (bicyclic) bond motifs is 5. The van der Waals surface area contributed by atoms with E-state index in [0.717, 1.165) is 70.1 Å². The van der Waals surface area contributed by atoms with Crippen molar-refractivity contribution < 1.29 is 15.0 Å². The van der Waals surface area contributed by atoms with Crippen molar-refractivity contribution in [2.45, 2.75) is 120 Å². The molecule has 3 aliphatic rings. The molecule has 5 heteroatoms. The van der Waals surface area contributed by atoms with Crippen LogP contribution < -0.4 is 0 Å². The summed E-state index contributed by atoms with van der Waals surface area (Å²) in [6.07, 6.45) is 13.8. The number of thioether (sulfide) groups is 1. The summed E-state index contributed by atoms with van der Waals surface area (Å²) in [5.74, 6) is 3.84. The first-order valence-electron chi connectivity index (χ1n) is 16.8. The standard InChI is InChI=1S/C37H53NO3S/c1-4-5-22-38(3)35(41)11-9-7-6-8-10-23-42-29-16-12-26(13-17-29)32-25-37(2)33(20-21-34(37)40)31-18-14-27-24-28(39)15-19-30(27)36(31)32/h12-13,15-17,19,24,31-34,36,39-40H,4-11,14,18,20-23,25H2,1-3H3/t31?,32-,33?,34+,36?,37+/m1/s1. The molecule has 1 amide bonds. The molecule has 6 atom stereocenters. The highest BCUT2D eigenvalue weighted by Gasteiger charge is 2.57. The molecule has 230 valence electrons. The molecular weight excluding hydrogens is 538 g/mol. The van der Waals surface area contributed by atoms with Crippen LogP contribution in [-0.2, 0) is 11.2 Å². The molecule has 2 fully saturated rings. The Morgan fingerprint density at radius 3 is 2.55 bits per heavy atom. The Hall–Kier alpha value is -1.98. The number of phenolic OH excluding ortho intramolecular Hbond substituents is 1. The smallest absolute Gasteiger partial charge is 0.222 e. The summed E-state index contributed by atoms with van der Waals surface area (Å²) in [6, 6.07) is 15.4. The van der Waals surface area contributed by atoms with Crippen molar-refractivity contribution in [3.63, 3.8) is 0 Å². The second-order valence-electron chi connectivity index (χ2n) is 13.7. The highest BCUT2D eigenvalue weighted by atomic mass is 32.2. The molecule has 4 nitrogen and oxygen atoms in total. The first-order chi connectivity index (χ1) is 20.3. The summed E-state index contributed by atoms with van der Waals surface area (Å²) in [5.41, 5.74) is 4.15. The zero-order valence-corrected chi connectivity index (χ0v) is 27.0. The maximum Gasteiger partial charge on any atom is 0.222 e. The Kier molecular flexibility index (Phi) is 10.6. The lowest BCUT2D eigenvalue weighted by Gasteiger charge is -2.54. The highest BCUT2D eigenvalue weighted by molar-refractivity contribution is 7.99. The van der Waals surface area contributed by atoms with Crippen LogP contribution in [0.25, 0.3) is 0 Å². The van der Waals surface area contributed by atoms with E-state index in [-0.39, 0.29) is 11.5 Å². The molecule has 3 aliphatic carbocycles. The fraction of sp³-hybridized carbons (Fsp3) is 0.649. The van der Waals surface area contributed by atoms with Crippen LogP contribution in [0.1, 0.15) is 119 Å². The van der Waals surface area contributed by atoms with Gasteiger partial charge in [0.05, 0.1) is 6.10 Å². The van der Waals surface area contributed by atoms with Gasteiger partial charge in [-0.2, -0.15) is 0 Å². The minimum Gasteiger partial charge on any atom is -0.508 e. The molecule has 2 aromatic rings. The lowest BCUT2D eigenvalue weighted by Crippen LogP contribution is -2.47. The van der Waals surface area contributed by atoms with Crippen LogP contribution in [0.5, 0.6) is 5.75 Å². The minimum absolute atomic E-state index is 0.00800. The van der Waals surface area contributed by atoms with E-state index in [1.54, 1.807) is 0 Å². The predicted molar refractivity (Wildman–Crippen MR) is 174 cm³/mol. The van der Waals surface area contributed by atoms with Gasteiger partial charge in [-0.1, -0.05) is 57.7 Å². The second-order valence-corrected chi connectivity index (χ2v) is 14.9. The molecule has 0 aromatic heterocycles. The van der Waals surface area contributed by atoms with E-state index in [9.17, 15) is 15.0 Å². The molecule has 2 saturated carbocycles. The quantitative estimate of drug-likeness (QED) is 0.181.